The molecule has 1 aliphatic carbocycles. The van der Waals surface area contributed by atoms with Crippen molar-refractivity contribution in [2.45, 2.75) is 45.1 Å². The summed E-state index contributed by atoms with van der Waals surface area (Å²) in [6.07, 6.45) is 6.08. The van der Waals surface area contributed by atoms with Crippen LogP contribution >= 0.6 is 0 Å². The number of aryl methyl sites for hydroxylation is 1. The van der Waals surface area contributed by atoms with E-state index in [2.05, 4.69) is 5.32 Å². The molecular formula is C19H26N2O3. The number of nitrogens with zero attached hydrogens (tertiary/aromatic N) is 1. The van der Waals surface area contributed by atoms with Gasteiger partial charge in [-0.25, -0.2) is 4.79 Å². The number of benzene rings is 1. The summed E-state index contributed by atoms with van der Waals surface area (Å²) in [5.41, 5.74) is 2.31. The second-order valence-corrected chi connectivity index (χ2v) is 7.54. The summed E-state index contributed by atoms with van der Waals surface area (Å²) in [6.45, 7) is 5.22. The van der Waals surface area contributed by atoms with Crippen molar-refractivity contribution in [1.29, 1.82) is 0 Å². The summed E-state index contributed by atoms with van der Waals surface area (Å²) < 4.78 is 11.4. The Kier molecular flexibility index (Phi) is 4.12. The minimum atomic E-state index is 0.0118. The van der Waals surface area contributed by atoms with E-state index in [1.54, 1.807) is 0 Å². The molecule has 4 rings (SSSR count). The Morgan fingerprint density at radius 1 is 1.38 bits per heavy atom. The van der Waals surface area contributed by atoms with Crippen LogP contribution in [0.2, 0.25) is 0 Å². The molecule has 130 valence electrons. The molecule has 2 aliphatic heterocycles. The Morgan fingerprint density at radius 2 is 2.25 bits per heavy atom. The molecule has 3 fully saturated rings. The first-order valence-corrected chi connectivity index (χ1v) is 9.05. The number of urea groups is 1. The molecule has 1 aromatic carbocycles. The van der Waals surface area contributed by atoms with Crippen molar-refractivity contribution in [3.63, 3.8) is 0 Å². The quantitative estimate of drug-likeness (QED) is 0.922. The molecule has 1 atom stereocenters. The van der Waals surface area contributed by atoms with Gasteiger partial charge in [0.25, 0.3) is 0 Å². The number of amides is 2. The molecule has 0 bridgehead atoms. The average molecular weight is 330 g/mol. The number of carbonyl (C=O) groups is 1. The zero-order chi connectivity index (χ0) is 16.6. The molecule has 3 aliphatic rings. The first-order valence-electron chi connectivity index (χ1n) is 9.05. The van der Waals surface area contributed by atoms with Gasteiger partial charge in [0.15, 0.2) is 0 Å². The Hall–Kier alpha value is -1.75. The Bertz CT molecular complexity index is 621. The van der Waals surface area contributed by atoms with E-state index < -0.39 is 0 Å². The van der Waals surface area contributed by atoms with E-state index in [0.717, 1.165) is 49.5 Å². The number of nitrogens with one attached hydrogen (secondary N) is 1. The van der Waals surface area contributed by atoms with E-state index in [1.807, 2.05) is 30.0 Å². The lowest BCUT2D eigenvalue weighted by Crippen LogP contribution is -2.37. The van der Waals surface area contributed by atoms with Gasteiger partial charge in [-0.05, 0) is 43.2 Å². The van der Waals surface area contributed by atoms with E-state index in [-0.39, 0.29) is 12.1 Å². The maximum absolute atomic E-state index is 12.5. The third-order valence-corrected chi connectivity index (χ3v) is 5.76. The average Bonchev–Trinajstić information content (AvgIpc) is 3.19. The predicted molar refractivity (Wildman–Crippen MR) is 92.5 cm³/mol. The molecule has 1 aromatic rings. The zero-order valence-electron chi connectivity index (χ0n) is 14.3. The third-order valence-electron chi connectivity index (χ3n) is 5.76. The Labute approximate surface area is 143 Å². The zero-order valence-corrected chi connectivity index (χ0v) is 14.3. The second-order valence-electron chi connectivity index (χ2n) is 7.54. The lowest BCUT2D eigenvalue weighted by molar-refractivity contribution is 0.141. The van der Waals surface area contributed by atoms with Gasteiger partial charge in [0.05, 0.1) is 13.2 Å². The van der Waals surface area contributed by atoms with Crippen molar-refractivity contribution < 1.29 is 14.3 Å². The van der Waals surface area contributed by atoms with Crippen molar-refractivity contribution in [2.75, 3.05) is 31.6 Å². The van der Waals surface area contributed by atoms with Gasteiger partial charge in [0.2, 0.25) is 0 Å². The minimum absolute atomic E-state index is 0.0118. The third kappa shape index (κ3) is 3.09. The van der Waals surface area contributed by atoms with Gasteiger partial charge in [-0.15, -0.1) is 0 Å². The summed E-state index contributed by atoms with van der Waals surface area (Å²) in [5.74, 6) is 0.834. The molecule has 2 saturated heterocycles. The van der Waals surface area contributed by atoms with Gasteiger partial charge in [0.1, 0.15) is 11.9 Å². The largest absolute Gasteiger partial charge is 0.488 e. The molecule has 5 heteroatoms. The Morgan fingerprint density at radius 3 is 2.92 bits per heavy atom. The fourth-order valence-electron chi connectivity index (χ4n) is 3.99. The SMILES string of the molecule is Cc1ccc(NC(=O)N2CCC3(CCC3)C2)cc1O[C@H]1CCOC1. The van der Waals surface area contributed by atoms with E-state index in [0.29, 0.717) is 12.0 Å². The Balaban J connectivity index is 1.39. The number of hydrogen-bond donors (Lipinski definition) is 1. The van der Waals surface area contributed by atoms with Crippen LogP contribution in [-0.2, 0) is 4.74 Å². The predicted octanol–water partition coefficient (Wildman–Crippen LogP) is 3.57. The van der Waals surface area contributed by atoms with Crippen LogP contribution in [0.3, 0.4) is 0 Å². The fourth-order valence-corrected chi connectivity index (χ4v) is 3.99. The van der Waals surface area contributed by atoms with Crippen LogP contribution in [0.25, 0.3) is 0 Å². The summed E-state index contributed by atoms with van der Waals surface area (Å²) in [4.78, 5) is 14.5. The first-order chi connectivity index (χ1) is 11.6. The molecule has 0 radical (unpaired) electrons. The molecule has 0 unspecified atom stereocenters. The number of likely N-dealkylation sites (tertiary alicyclic amines) is 1. The van der Waals surface area contributed by atoms with E-state index in [4.69, 9.17) is 9.47 Å². The normalized spacial score (nSPS) is 24.9. The van der Waals surface area contributed by atoms with Crippen LogP contribution < -0.4 is 10.1 Å². The number of rotatable bonds is 3. The molecular weight excluding hydrogens is 304 g/mol. The van der Waals surface area contributed by atoms with Crippen molar-refractivity contribution in [3.8, 4) is 5.75 Å². The van der Waals surface area contributed by atoms with Gasteiger partial charge >= 0.3 is 6.03 Å². The smallest absolute Gasteiger partial charge is 0.321 e. The van der Waals surface area contributed by atoms with Crippen molar-refractivity contribution in [3.05, 3.63) is 23.8 Å². The lowest BCUT2D eigenvalue weighted by Gasteiger charge is -2.37. The molecule has 24 heavy (non-hydrogen) atoms. The number of carbonyl (C=O) groups excluding carboxylic acids is 1. The van der Waals surface area contributed by atoms with Crippen molar-refractivity contribution >= 4 is 11.7 Å². The summed E-state index contributed by atoms with van der Waals surface area (Å²) >= 11 is 0. The second kappa shape index (κ2) is 6.28. The molecule has 5 nitrogen and oxygen atoms in total. The highest BCUT2D eigenvalue weighted by Crippen LogP contribution is 2.48. The van der Waals surface area contributed by atoms with Crippen molar-refractivity contribution in [2.24, 2.45) is 5.41 Å². The standard InChI is InChI=1S/C19H26N2O3/c1-14-3-4-15(11-17(14)24-16-5-10-23-12-16)20-18(22)21-9-8-19(13-21)6-2-7-19/h3-4,11,16H,2,5-10,12-13H2,1H3,(H,20,22)/t16-/m0/s1. The van der Waals surface area contributed by atoms with E-state index in [1.165, 1.54) is 19.3 Å². The maximum atomic E-state index is 12.5. The van der Waals surface area contributed by atoms with Gasteiger partial charge in [-0.2, -0.15) is 0 Å². The minimum Gasteiger partial charge on any atom is -0.488 e. The molecule has 1 saturated carbocycles. The monoisotopic (exact) mass is 330 g/mol. The van der Waals surface area contributed by atoms with E-state index >= 15 is 0 Å². The highest BCUT2D eigenvalue weighted by molar-refractivity contribution is 5.89. The van der Waals surface area contributed by atoms with Crippen LogP contribution in [0.5, 0.6) is 5.75 Å². The van der Waals surface area contributed by atoms with Crippen LogP contribution in [0, 0.1) is 12.3 Å². The molecule has 2 amide bonds. The molecule has 1 spiro atoms. The molecule has 2 heterocycles. The van der Waals surface area contributed by atoms with Crippen LogP contribution in [0.15, 0.2) is 18.2 Å². The topological polar surface area (TPSA) is 50.8 Å². The van der Waals surface area contributed by atoms with Gasteiger partial charge < -0.3 is 19.7 Å². The van der Waals surface area contributed by atoms with Gasteiger partial charge in [0, 0.05) is 31.3 Å². The summed E-state index contributed by atoms with van der Waals surface area (Å²) in [5, 5.41) is 3.04. The molecule has 0 aromatic heterocycles. The number of ether oxygens (including phenoxy) is 2. The lowest BCUT2D eigenvalue weighted by atomic mass is 9.68. The van der Waals surface area contributed by atoms with Crippen LogP contribution in [0.1, 0.15) is 37.7 Å². The number of hydrogen-bond acceptors (Lipinski definition) is 3. The first kappa shape index (κ1) is 15.8. The summed E-state index contributed by atoms with van der Waals surface area (Å²) in [7, 11) is 0. The van der Waals surface area contributed by atoms with Gasteiger partial charge in [-0.1, -0.05) is 12.5 Å². The van der Waals surface area contributed by atoms with Crippen LogP contribution in [-0.4, -0.2) is 43.3 Å². The number of anilines is 1. The maximum Gasteiger partial charge on any atom is 0.321 e. The molecule has 1 N–H and O–H groups in total. The summed E-state index contributed by atoms with van der Waals surface area (Å²) in [6, 6.07) is 5.89. The van der Waals surface area contributed by atoms with Crippen molar-refractivity contribution in [1.82, 2.24) is 4.90 Å². The van der Waals surface area contributed by atoms with Crippen LogP contribution in [0.4, 0.5) is 10.5 Å². The fraction of sp³-hybridized carbons (Fsp3) is 0.632. The van der Waals surface area contributed by atoms with Gasteiger partial charge in [-0.3, -0.25) is 0 Å². The van der Waals surface area contributed by atoms with E-state index in [9.17, 15) is 4.79 Å². The highest BCUT2D eigenvalue weighted by atomic mass is 16.5. The highest BCUT2D eigenvalue weighted by Gasteiger charge is 2.44.